The summed E-state index contributed by atoms with van der Waals surface area (Å²) < 4.78 is 43.2. The van der Waals surface area contributed by atoms with E-state index in [1.165, 1.54) is 29.5 Å². The van der Waals surface area contributed by atoms with E-state index in [1.54, 1.807) is 6.20 Å². The number of benzene rings is 1. The van der Waals surface area contributed by atoms with E-state index in [1.807, 2.05) is 30.3 Å². The Morgan fingerprint density at radius 1 is 1.33 bits per heavy atom. The van der Waals surface area contributed by atoms with Gasteiger partial charge in [0.15, 0.2) is 0 Å². The van der Waals surface area contributed by atoms with Gasteiger partial charge in [-0.05, 0) is 48.9 Å². The zero-order valence-corrected chi connectivity index (χ0v) is 19.6. The molecule has 172 valence electrons. The number of nitrogens with zero attached hydrogens (tertiary/aromatic N) is 2. The predicted octanol–water partition coefficient (Wildman–Crippen LogP) is 4.38. The molecule has 3 heterocycles. The van der Waals surface area contributed by atoms with Gasteiger partial charge in [0.25, 0.3) is 10.2 Å². The van der Waals surface area contributed by atoms with E-state index in [0.717, 1.165) is 25.8 Å². The number of nitrogens with one attached hydrogen (secondary N) is 2. The fourth-order valence-corrected chi connectivity index (χ4v) is 6.39. The lowest BCUT2D eigenvalue weighted by Gasteiger charge is -2.37. The summed E-state index contributed by atoms with van der Waals surface area (Å²) in [5.74, 6) is -1.16. The summed E-state index contributed by atoms with van der Waals surface area (Å²) in [6.07, 6.45) is 3.29. The fourth-order valence-electron chi connectivity index (χ4n) is 3.55. The predicted molar refractivity (Wildman–Crippen MR) is 128 cm³/mol. The highest BCUT2D eigenvalue weighted by molar-refractivity contribution is 7.87. The molecule has 11 heteroatoms. The third-order valence-electron chi connectivity index (χ3n) is 5.09. The van der Waals surface area contributed by atoms with E-state index in [-0.39, 0.29) is 23.7 Å². The molecule has 0 unspecified atom stereocenters. The van der Waals surface area contributed by atoms with Crippen LogP contribution in [0.3, 0.4) is 0 Å². The molecule has 1 saturated heterocycles. The molecule has 1 fully saturated rings. The molecular formula is C22H20ClFN4O3S2. The van der Waals surface area contributed by atoms with Crippen molar-refractivity contribution in [2.24, 2.45) is 0 Å². The first-order chi connectivity index (χ1) is 15.8. The molecular weight excluding hydrogens is 487 g/mol. The van der Waals surface area contributed by atoms with Crippen LogP contribution < -0.4 is 10.0 Å². The van der Waals surface area contributed by atoms with Gasteiger partial charge in [0.2, 0.25) is 5.91 Å². The summed E-state index contributed by atoms with van der Waals surface area (Å²) in [7, 11) is -3.98. The van der Waals surface area contributed by atoms with Gasteiger partial charge >= 0.3 is 0 Å². The first-order valence-electron chi connectivity index (χ1n) is 9.95. The Balaban J connectivity index is 1.61. The SMILES string of the molecule is C=CCN1[C@@H](C(=O)Nc2ccc(F)c(Cl)c2)C[C@@H](c2ccc(-c3ccccn3)s2)NS1(=O)=O. The Kier molecular flexibility index (Phi) is 6.91. The van der Waals surface area contributed by atoms with E-state index in [0.29, 0.717) is 0 Å². The second kappa shape index (κ2) is 9.70. The second-order valence-corrected chi connectivity index (χ2v) is 10.5. The molecule has 1 aliphatic rings. The van der Waals surface area contributed by atoms with Crippen LogP contribution in [0.1, 0.15) is 17.3 Å². The van der Waals surface area contributed by atoms with E-state index < -0.39 is 34.0 Å². The average Bonchev–Trinajstić information content (AvgIpc) is 3.28. The van der Waals surface area contributed by atoms with Crippen molar-refractivity contribution in [3.05, 3.63) is 83.1 Å². The molecule has 0 saturated carbocycles. The quantitative estimate of drug-likeness (QED) is 0.485. The van der Waals surface area contributed by atoms with Crippen LogP contribution >= 0.6 is 22.9 Å². The summed E-state index contributed by atoms with van der Waals surface area (Å²) in [4.78, 5) is 19.1. The highest BCUT2D eigenvalue weighted by Crippen LogP contribution is 2.36. The normalized spacial score (nSPS) is 20.3. The minimum Gasteiger partial charge on any atom is -0.325 e. The van der Waals surface area contributed by atoms with E-state index in [2.05, 4.69) is 21.6 Å². The molecule has 1 aromatic carbocycles. The zero-order chi connectivity index (χ0) is 23.6. The fraction of sp³-hybridized carbons (Fsp3) is 0.182. The molecule has 33 heavy (non-hydrogen) atoms. The number of pyridine rings is 1. The molecule has 7 nitrogen and oxygen atoms in total. The maximum Gasteiger partial charge on any atom is 0.281 e. The zero-order valence-electron chi connectivity index (χ0n) is 17.2. The molecule has 2 N–H and O–H groups in total. The maximum absolute atomic E-state index is 13.5. The van der Waals surface area contributed by atoms with Crippen molar-refractivity contribution in [3.63, 3.8) is 0 Å². The number of amides is 1. The van der Waals surface area contributed by atoms with Crippen molar-refractivity contribution in [1.82, 2.24) is 14.0 Å². The summed E-state index contributed by atoms with van der Waals surface area (Å²) in [6, 6.07) is 11.4. The molecule has 4 rings (SSSR count). The first kappa shape index (κ1) is 23.5. The molecule has 0 bridgehead atoms. The lowest BCUT2D eigenvalue weighted by molar-refractivity contribution is -0.120. The maximum atomic E-state index is 13.5. The smallest absolute Gasteiger partial charge is 0.281 e. The number of hydrogen-bond acceptors (Lipinski definition) is 5. The average molecular weight is 507 g/mol. The Labute approximate surface area is 200 Å². The van der Waals surface area contributed by atoms with Gasteiger partial charge in [-0.15, -0.1) is 17.9 Å². The van der Waals surface area contributed by atoms with Gasteiger partial charge in [-0.1, -0.05) is 23.7 Å². The van der Waals surface area contributed by atoms with Gasteiger partial charge in [0.1, 0.15) is 11.9 Å². The number of thiophene rings is 1. The van der Waals surface area contributed by atoms with E-state index >= 15 is 0 Å². The van der Waals surface area contributed by atoms with Crippen LogP contribution in [0.25, 0.3) is 10.6 Å². The van der Waals surface area contributed by atoms with Crippen molar-refractivity contribution < 1.29 is 17.6 Å². The molecule has 1 aliphatic heterocycles. The number of hydrogen-bond donors (Lipinski definition) is 2. The van der Waals surface area contributed by atoms with Crippen molar-refractivity contribution in [2.45, 2.75) is 18.5 Å². The molecule has 0 aliphatic carbocycles. The second-order valence-electron chi connectivity index (χ2n) is 7.32. The van der Waals surface area contributed by atoms with Crippen LogP contribution in [0, 0.1) is 5.82 Å². The number of rotatable bonds is 6. The standard InChI is InChI=1S/C22H20ClFN4O3S2/c1-2-11-28-19(22(29)26-14-6-7-16(24)15(23)12-14)13-18(27-33(28,30)31)21-9-8-20(32-21)17-5-3-4-10-25-17/h2-10,12,18-19,27H,1,11,13H2,(H,26,29)/t18-,19+/m0/s1. The van der Waals surface area contributed by atoms with Gasteiger partial charge < -0.3 is 5.32 Å². The molecule has 0 spiro atoms. The van der Waals surface area contributed by atoms with Crippen molar-refractivity contribution in [2.75, 3.05) is 11.9 Å². The number of carbonyl (C=O) groups is 1. The van der Waals surface area contributed by atoms with Gasteiger partial charge in [-0.2, -0.15) is 17.4 Å². The molecule has 2 atom stereocenters. The van der Waals surface area contributed by atoms with E-state index in [9.17, 15) is 17.6 Å². The highest BCUT2D eigenvalue weighted by Gasteiger charge is 2.42. The number of aromatic nitrogens is 1. The Morgan fingerprint density at radius 3 is 2.85 bits per heavy atom. The first-order valence-corrected chi connectivity index (χ1v) is 12.6. The third-order valence-corrected chi connectivity index (χ3v) is 8.21. The van der Waals surface area contributed by atoms with Gasteiger partial charge in [-0.25, -0.2) is 4.39 Å². The highest BCUT2D eigenvalue weighted by atomic mass is 35.5. The van der Waals surface area contributed by atoms with E-state index in [4.69, 9.17) is 11.6 Å². The topological polar surface area (TPSA) is 91.4 Å². The Morgan fingerprint density at radius 2 is 2.15 bits per heavy atom. The van der Waals surface area contributed by atoms with Crippen LogP contribution in [-0.2, 0) is 15.0 Å². The third kappa shape index (κ3) is 5.15. The van der Waals surface area contributed by atoms with Gasteiger partial charge in [0.05, 0.1) is 21.6 Å². The van der Waals surface area contributed by atoms with Crippen LogP contribution in [0.5, 0.6) is 0 Å². The van der Waals surface area contributed by atoms with Crippen LogP contribution in [0.15, 0.2) is 67.4 Å². The Bertz CT molecular complexity index is 1280. The van der Waals surface area contributed by atoms with Crippen molar-refractivity contribution in [3.8, 4) is 10.6 Å². The minimum absolute atomic E-state index is 0.0477. The largest absolute Gasteiger partial charge is 0.325 e. The van der Waals surface area contributed by atoms with Crippen molar-refractivity contribution >= 4 is 44.7 Å². The van der Waals surface area contributed by atoms with Gasteiger partial charge in [0, 0.05) is 23.3 Å². The van der Waals surface area contributed by atoms with Crippen molar-refractivity contribution in [1.29, 1.82) is 0 Å². The summed E-state index contributed by atoms with van der Waals surface area (Å²) >= 11 is 7.21. The monoisotopic (exact) mass is 506 g/mol. The lowest BCUT2D eigenvalue weighted by atomic mass is 10.0. The molecule has 0 radical (unpaired) electrons. The molecule has 3 aromatic rings. The van der Waals surface area contributed by atoms with Gasteiger partial charge in [-0.3, -0.25) is 9.78 Å². The molecule has 2 aromatic heterocycles. The Hall–Kier alpha value is -2.63. The summed E-state index contributed by atoms with van der Waals surface area (Å²) in [5, 5.41) is 2.50. The number of anilines is 1. The lowest BCUT2D eigenvalue weighted by Crippen LogP contribution is -2.57. The minimum atomic E-state index is -3.98. The number of carbonyl (C=O) groups excluding carboxylic acids is 1. The summed E-state index contributed by atoms with van der Waals surface area (Å²) in [5.41, 5.74) is 1.05. The van der Waals surface area contributed by atoms with Crippen LogP contribution in [0.4, 0.5) is 10.1 Å². The van der Waals surface area contributed by atoms with Crippen LogP contribution in [0.2, 0.25) is 5.02 Å². The summed E-state index contributed by atoms with van der Waals surface area (Å²) in [6.45, 7) is 3.56. The van der Waals surface area contributed by atoms with Crippen LogP contribution in [-0.4, -0.2) is 36.2 Å². The number of halogens is 2. The molecule has 1 amide bonds.